The summed E-state index contributed by atoms with van der Waals surface area (Å²) < 4.78 is 5.06. The van der Waals surface area contributed by atoms with E-state index >= 15 is 0 Å². The first-order chi connectivity index (χ1) is 9.28. The van der Waals surface area contributed by atoms with Crippen LogP contribution in [0.5, 0.6) is 0 Å². The number of aromatic nitrogens is 1. The van der Waals surface area contributed by atoms with Gasteiger partial charge in [0, 0.05) is 12.7 Å². The highest BCUT2D eigenvalue weighted by Crippen LogP contribution is 2.06. The molecule has 0 atom stereocenters. The molecule has 2 N–H and O–H groups in total. The highest BCUT2D eigenvalue weighted by molar-refractivity contribution is 5.87. The molecule has 0 saturated heterocycles. The number of hydrogen-bond donors (Lipinski definition) is 2. The quantitative estimate of drug-likeness (QED) is 0.882. The molecule has 6 nitrogen and oxygen atoms in total. The molecule has 0 aliphatic heterocycles. The predicted molar refractivity (Wildman–Crippen MR) is 74.5 cm³/mol. The highest BCUT2D eigenvalue weighted by atomic mass is 16.6. The number of carbonyl (C=O) groups is 2. The number of aromatic carboxylic acids is 1. The third-order valence-electron chi connectivity index (χ3n) is 2.08. The maximum Gasteiger partial charge on any atom is 0.407 e. The second-order valence-electron chi connectivity index (χ2n) is 5.06. The van der Waals surface area contributed by atoms with E-state index in [0.29, 0.717) is 5.69 Å². The van der Waals surface area contributed by atoms with Gasteiger partial charge in [-0.3, -0.25) is 4.98 Å². The van der Waals surface area contributed by atoms with Gasteiger partial charge in [0.25, 0.3) is 0 Å². The number of carbonyl (C=O) groups excluding carboxylic acids is 1. The van der Waals surface area contributed by atoms with Crippen LogP contribution in [0.1, 0.15) is 36.8 Å². The van der Waals surface area contributed by atoms with Crippen LogP contribution < -0.4 is 5.32 Å². The highest BCUT2D eigenvalue weighted by Gasteiger charge is 2.14. The van der Waals surface area contributed by atoms with E-state index in [1.807, 2.05) is 0 Å². The first kappa shape index (κ1) is 15.7. The lowest BCUT2D eigenvalue weighted by Crippen LogP contribution is -2.32. The second kappa shape index (κ2) is 6.70. The Balaban J connectivity index is 2.47. The van der Waals surface area contributed by atoms with E-state index in [-0.39, 0.29) is 12.1 Å². The number of alkyl carbamates (subject to hydrolysis) is 1. The summed E-state index contributed by atoms with van der Waals surface area (Å²) in [6, 6.07) is 2.87. The minimum atomic E-state index is -1.01. The van der Waals surface area contributed by atoms with Crippen molar-refractivity contribution in [3.8, 4) is 0 Å². The molecular formula is C14H18N2O4. The molecule has 1 aromatic rings. The molecule has 1 aromatic heterocycles. The van der Waals surface area contributed by atoms with Crippen molar-refractivity contribution in [3.63, 3.8) is 0 Å². The topological polar surface area (TPSA) is 88.5 Å². The number of rotatable bonds is 4. The van der Waals surface area contributed by atoms with Gasteiger partial charge in [0.15, 0.2) is 0 Å². The van der Waals surface area contributed by atoms with Crippen molar-refractivity contribution in [2.24, 2.45) is 0 Å². The zero-order chi connectivity index (χ0) is 15.2. The summed E-state index contributed by atoms with van der Waals surface area (Å²) in [5.41, 5.74) is 0.140. The van der Waals surface area contributed by atoms with Crippen molar-refractivity contribution in [2.45, 2.75) is 26.4 Å². The summed E-state index contributed by atoms with van der Waals surface area (Å²) in [7, 11) is 0. The van der Waals surface area contributed by atoms with Crippen molar-refractivity contribution in [1.29, 1.82) is 0 Å². The molecule has 0 radical (unpaired) electrons. The average molecular weight is 278 g/mol. The van der Waals surface area contributed by atoms with Gasteiger partial charge in [-0.15, -0.1) is 0 Å². The van der Waals surface area contributed by atoms with Crippen molar-refractivity contribution < 1.29 is 19.4 Å². The number of hydrogen-bond acceptors (Lipinski definition) is 4. The van der Waals surface area contributed by atoms with Crippen molar-refractivity contribution in [2.75, 3.05) is 6.54 Å². The third kappa shape index (κ3) is 5.99. The van der Waals surface area contributed by atoms with Crippen LogP contribution in [0.4, 0.5) is 4.79 Å². The fourth-order valence-electron chi connectivity index (χ4n) is 1.31. The fourth-order valence-corrected chi connectivity index (χ4v) is 1.31. The Morgan fingerprint density at radius 2 is 2.15 bits per heavy atom. The molecular weight excluding hydrogens is 260 g/mol. The first-order valence-electron chi connectivity index (χ1n) is 6.11. The smallest absolute Gasteiger partial charge is 0.407 e. The molecule has 0 spiro atoms. The third-order valence-corrected chi connectivity index (χ3v) is 2.08. The van der Waals surface area contributed by atoms with Crippen molar-refractivity contribution in [3.05, 3.63) is 35.7 Å². The number of nitrogens with one attached hydrogen (secondary N) is 1. The molecule has 1 rings (SSSR count). The van der Waals surface area contributed by atoms with Crippen LogP contribution in [0.2, 0.25) is 0 Å². The molecule has 0 saturated carbocycles. The van der Waals surface area contributed by atoms with Crippen LogP contribution in [0, 0.1) is 0 Å². The standard InChI is InChI=1S/C14H18N2O4/c1-14(2,3)20-13(19)16-7-4-5-11-9-10(12(17)18)6-8-15-11/h4-6,8-9H,7H2,1-3H3,(H,16,19)(H,17,18). The number of amides is 1. The van der Waals surface area contributed by atoms with Gasteiger partial charge in [-0.2, -0.15) is 0 Å². The largest absolute Gasteiger partial charge is 0.478 e. The van der Waals surface area contributed by atoms with Gasteiger partial charge in [-0.25, -0.2) is 9.59 Å². The zero-order valence-corrected chi connectivity index (χ0v) is 11.7. The summed E-state index contributed by atoms with van der Waals surface area (Å²) in [5.74, 6) is -1.01. The van der Waals surface area contributed by atoms with Gasteiger partial charge >= 0.3 is 12.1 Å². The summed E-state index contributed by atoms with van der Waals surface area (Å²) in [6.07, 6.45) is 4.21. The van der Waals surface area contributed by atoms with E-state index in [1.54, 1.807) is 32.9 Å². The lowest BCUT2D eigenvalue weighted by Gasteiger charge is -2.19. The summed E-state index contributed by atoms with van der Waals surface area (Å²) in [6.45, 7) is 5.62. The molecule has 0 aromatic carbocycles. The minimum Gasteiger partial charge on any atom is -0.478 e. The number of pyridine rings is 1. The van der Waals surface area contributed by atoms with Crippen molar-refractivity contribution in [1.82, 2.24) is 10.3 Å². The first-order valence-corrected chi connectivity index (χ1v) is 6.11. The van der Waals surface area contributed by atoms with E-state index in [9.17, 15) is 9.59 Å². The van der Waals surface area contributed by atoms with Crippen LogP contribution in [0.3, 0.4) is 0 Å². The number of ether oxygens (including phenoxy) is 1. The molecule has 108 valence electrons. The van der Waals surface area contributed by atoms with Gasteiger partial charge in [0.2, 0.25) is 0 Å². The molecule has 0 aliphatic carbocycles. The molecule has 6 heteroatoms. The normalized spacial score (nSPS) is 11.3. The van der Waals surface area contributed by atoms with Gasteiger partial charge in [0.05, 0.1) is 11.3 Å². The Morgan fingerprint density at radius 1 is 1.45 bits per heavy atom. The summed E-state index contributed by atoms with van der Waals surface area (Å²) >= 11 is 0. The van der Waals surface area contributed by atoms with E-state index in [2.05, 4.69) is 10.3 Å². The van der Waals surface area contributed by atoms with Crippen LogP contribution in [0.25, 0.3) is 6.08 Å². The average Bonchev–Trinajstić information content (AvgIpc) is 2.33. The Morgan fingerprint density at radius 3 is 2.75 bits per heavy atom. The molecule has 0 aliphatic rings. The molecule has 0 unspecified atom stereocenters. The van der Waals surface area contributed by atoms with E-state index in [4.69, 9.17) is 9.84 Å². The lowest BCUT2D eigenvalue weighted by atomic mass is 10.2. The van der Waals surface area contributed by atoms with Gasteiger partial charge in [-0.05, 0) is 39.0 Å². The zero-order valence-electron chi connectivity index (χ0n) is 11.7. The van der Waals surface area contributed by atoms with E-state index in [0.717, 1.165) is 0 Å². The van der Waals surface area contributed by atoms with Crippen LogP contribution in [-0.4, -0.2) is 34.3 Å². The fraction of sp³-hybridized carbons (Fsp3) is 0.357. The van der Waals surface area contributed by atoms with Crippen LogP contribution in [-0.2, 0) is 4.74 Å². The van der Waals surface area contributed by atoms with Crippen LogP contribution >= 0.6 is 0 Å². The van der Waals surface area contributed by atoms with Crippen molar-refractivity contribution >= 4 is 18.1 Å². The Bertz CT molecular complexity index is 518. The lowest BCUT2D eigenvalue weighted by molar-refractivity contribution is 0.0533. The number of carboxylic acids is 1. The molecule has 1 heterocycles. The van der Waals surface area contributed by atoms with E-state index < -0.39 is 17.7 Å². The SMILES string of the molecule is CC(C)(C)OC(=O)NCC=Cc1cc(C(=O)O)ccn1. The van der Waals surface area contributed by atoms with Gasteiger partial charge in [-0.1, -0.05) is 6.08 Å². The molecule has 1 amide bonds. The predicted octanol–water partition coefficient (Wildman–Crippen LogP) is 2.32. The monoisotopic (exact) mass is 278 g/mol. The molecule has 20 heavy (non-hydrogen) atoms. The minimum absolute atomic E-state index is 0.166. The summed E-state index contributed by atoms with van der Waals surface area (Å²) in [4.78, 5) is 26.1. The van der Waals surface area contributed by atoms with Gasteiger partial charge < -0.3 is 15.2 Å². The number of carboxylic acid groups (broad SMARTS) is 1. The second-order valence-corrected chi connectivity index (χ2v) is 5.06. The number of nitrogens with zero attached hydrogens (tertiary/aromatic N) is 1. The molecule has 0 fully saturated rings. The van der Waals surface area contributed by atoms with Gasteiger partial charge in [0.1, 0.15) is 5.60 Å². The Hall–Kier alpha value is -2.37. The summed E-state index contributed by atoms with van der Waals surface area (Å²) in [5, 5.41) is 11.4. The van der Waals surface area contributed by atoms with Crippen LogP contribution in [0.15, 0.2) is 24.4 Å². The maximum atomic E-state index is 11.4. The maximum absolute atomic E-state index is 11.4. The Kier molecular flexibility index (Phi) is 5.25. The molecule has 0 bridgehead atoms. The van der Waals surface area contributed by atoms with E-state index in [1.165, 1.54) is 18.3 Å². The Labute approximate surface area is 117 Å².